The summed E-state index contributed by atoms with van der Waals surface area (Å²) in [6.07, 6.45) is 1.65. The Labute approximate surface area is 148 Å². The topological polar surface area (TPSA) is 50.1 Å². The number of piperazine rings is 1. The summed E-state index contributed by atoms with van der Waals surface area (Å²) in [6.45, 7) is 10.0. The lowest BCUT2D eigenvalue weighted by atomic mass is 10.1. The van der Waals surface area contributed by atoms with Crippen molar-refractivity contribution in [3.8, 4) is 0 Å². The zero-order chi connectivity index (χ0) is 17.2. The van der Waals surface area contributed by atoms with E-state index in [1.54, 1.807) is 6.33 Å². The molecule has 0 atom stereocenters. The zero-order valence-electron chi connectivity index (χ0n) is 14.9. The average Bonchev–Trinajstić information content (AvgIpc) is 3.09. The maximum Gasteiger partial charge on any atom is 0.140 e. The standard InChI is InChI=1S/C19H24N6/c1-3-25-19(20-14-21-25)13-23-8-10-24(11-9-23)18-12-15(2)22-17-7-5-4-6-16(17)18/h4-7,12,14H,3,8-11,13H2,1-2H3. The van der Waals surface area contributed by atoms with Crippen molar-refractivity contribution in [2.24, 2.45) is 0 Å². The van der Waals surface area contributed by atoms with E-state index in [2.05, 4.69) is 69.0 Å². The number of nitrogens with zero attached hydrogens (tertiary/aromatic N) is 6. The van der Waals surface area contributed by atoms with Crippen molar-refractivity contribution in [1.29, 1.82) is 0 Å². The number of aromatic nitrogens is 4. The number of aryl methyl sites for hydroxylation is 2. The van der Waals surface area contributed by atoms with Crippen LogP contribution in [0.2, 0.25) is 0 Å². The van der Waals surface area contributed by atoms with E-state index in [1.165, 1.54) is 11.1 Å². The highest BCUT2D eigenvalue weighted by Gasteiger charge is 2.20. The monoisotopic (exact) mass is 336 g/mol. The van der Waals surface area contributed by atoms with Gasteiger partial charge in [-0.1, -0.05) is 18.2 Å². The lowest BCUT2D eigenvalue weighted by Gasteiger charge is -2.36. The van der Waals surface area contributed by atoms with Gasteiger partial charge >= 0.3 is 0 Å². The second-order valence-electron chi connectivity index (χ2n) is 6.56. The number of para-hydroxylation sites is 1. The highest BCUT2D eigenvalue weighted by Crippen LogP contribution is 2.27. The molecule has 0 unspecified atom stereocenters. The van der Waals surface area contributed by atoms with Crippen LogP contribution in [-0.4, -0.2) is 50.8 Å². The van der Waals surface area contributed by atoms with Gasteiger partial charge in [-0.2, -0.15) is 5.10 Å². The van der Waals surface area contributed by atoms with Crippen molar-refractivity contribution in [2.75, 3.05) is 31.1 Å². The van der Waals surface area contributed by atoms with E-state index in [4.69, 9.17) is 0 Å². The Morgan fingerprint density at radius 3 is 2.68 bits per heavy atom. The largest absolute Gasteiger partial charge is 0.368 e. The summed E-state index contributed by atoms with van der Waals surface area (Å²) in [7, 11) is 0. The van der Waals surface area contributed by atoms with E-state index in [9.17, 15) is 0 Å². The van der Waals surface area contributed by atoms with Crippen LogP contribution in [0.5, 0.6) is 0 Å². The molecule has 2 aromatic heterocycles. The summed E-state index contributed by atoms with van der Waals surface area (Å²) >= 11 is 0. The predicted molar refractivity (Wildman–Crippen MR) is 99.7 cm³/mol. The third-order valence-corrected chi connectivity index (χ3v) is 4.90. The highest BCUT2D eigenvalue weighted by molar-refractivity contribution is 5.92. The van der Waals surface area contributed by atoms with Gasteiger partial charge in [0.05, 0.1) is 12.1 Å². The summed E-state index contributed by atoms with van der Waals surface area (Å²) in [5.41, 5.74) is 3.46. The van der Waals surface area contributed by atoms with E-state index in [-0.39, 0.29) is 0 Å². The predicted octanol–water partition coefficient (Wildman–Crippen LogP) is 2.48. The van der Waals surface area contributed by atoms with Crippen LogP contribution in [0.25, 0.3) is 10.9 Å². The molecule has 25 heavy (non-hydrogen) atoms. The molecule has 1 fully saturated rings. The lowest BCUT2D eigenvalue weighted by Crippen LogP contribution is -2.46. The van der Waals surface area contributed by atoms with Gasteiger partial charge in [0.1, 0.15) is 12.2 Å². The van der Waals surface area contributed by atoms with E-state index in [0.29, 0.717) is 0 Å². The zero-order valence-corrected chi connectivity index (χ0v) is 14.9. The SMILES string of the molecule is CCn1ncnc1CN1CCN(c2cc(C)nc3ccccc23)CC1. The maximum atomic E-state index is 4.66. The van der Waals surface area contributed by atoms with Gasteiger partial charge in [0.25, 0.3) is 0 Å². The molecule has 4 rings (SSSR count). The average molecular weight is 336 g/mol. The molecule has 0 saturated carbocycles. The van der Waals surface area contributed by atoms with Gasteiger partial charge in [-0.25, -0.2) is 9.67 Å². The van der Waals surface area contributed by atoms with E-state index in [0.717, 1.165) is 56.3 Å². The second kappa shape index (κ2) is 6.80. The van der Waals surface area contributed by atoms with Crippen LogP contribution >= 0.6 is 0 Å². The summed E-state index contributed by atoms with van der Waals surface area (Å²) < 4.78 is 1.98. The fourth-order valence-electron chi connectivity index (χ4n) is 3.57. The van der Waals surface area contributed by atoms with E-state index in [1.807, 2.05) is 4.68 Å². The van der Waals surface area contributed by atoms with Gasteiger partial charge < -0.3 is 4.90 Å². The first kappa shape index (κ1) is 16.0. The maximum absolute atomic E-state index is 4.66. The minimum absolute atomic E-state index is 0.873. The van der Waals surface area contributed by atoms with Crippen molar-refractivity contribution in [2.45, 2.75) is 26.9 Å². The molecule has 0 bridgehead atoms. The Balaban J connectivity index is 1.49. The number of hydrogen-bond donors (Lipinski definition) is 0. The quantitative estimate of drug-likeness (QED) is 0.732. The Morgan fingerprint density at radius 2 is 1.88 bits per heavy atom. The van der Waals surface area contributed by atoms with Gasteiger partial charge in [-0.05, 0) is 26.0 Å². The number of rotatable bonds is 4. The minimum Gasteiger partial charge on any atom is -0.368 e. The molecule has 1 aliphatic rings. The fraction of sp³-hybridized carbons (Fsp3) is 0.421. The number of anilines is 1. The van der Waals surface area contributed by atoms with Crippen LogP contribution in [0, 0.1) is 6.92 Å². The van der Waals surface area contributed by atoms with Crippen molar-refractivity contribution < 1.29 is 0 Å². The molecule has 1 aromatic carbocycles. The van der Waals surface area contributed by atoms with Gasteiger partial charge in [0.2, 0.25) is 0 Å². The Hall–Kier alpha value is -2.47. The molecule has 6 nitrogen and oxygen atoms in total. The van der Waals surface area contributed by atoms with Crippen molar-refractivity contribution in [3.63, 3.8) is 0 Å². The molecular formula is C19H24N6. The number of fused-ring (bicyclic) bond motifs is 1. The molecule has 1 saturated heterocycles. The Bertz CT molecular complexity index is 863. The van der Waals surface area contributed by atoms with Gasteiger partial charge in [0.15, 0.2) is 0 Å². The third kappa shape index (κ3) is 3.22. The summed E-state index contributed by atoms with van der Waals surface area (Å²) in [5.74, 6) is 1.06. The minimum atomic E-state index is 0.873. The first-order valence-corrected chi connectivity index (χ1v) is 8.95. The molecule has 1 aliphatic heterocycles. The first-order valence-electron chi connectivity index (χ1n) is 8.95. The summed E-state index contributed by atoms with van der Waals surface area (Å²) in [4.78, 5) is 14.0. The molecule has 0 aliphatic carbocycles. The van der Waals surface area contributed by atoms with Gasteiger partial charge in [0, 0.05) is 49.5 Å². The first-order chi connectivity index (χ1) is 12.2. The molecule has 6 heteroatoms. The highest BCUT2D eigenvalue weighted by atomic mass is 15.4. The third-order valence-electron chi connectivity index (χ3n) is 4.90. The normalized spacial score (nSPS) is 15.8. The van der Waals surface area contributed by atoms with Crippen LogP contribution < -0.4 is 4.90 Å². The van der Waals surface area contributed by atoms with Crippen LogP contribution in [-0.2, 0) is 13.1 Å². The Morgan fingerprint density at radius 1 is 1.08 bits per heavy atom. The second-order valence-corrected chi connectivity index (χ2v) is 6.56. The van der Waals surface area contributed by atoms with E-state index < -0.39 is 0 Å². The molecule has 0 amide bonds. The summed E-state index contributed by atoms with van der Waals surface area (Å²) in [6, 6.07) is 10.6. The summed E-state index contributed by atoms with van der Waals surface area (Å²) in [5, 5.41) is 5.51. The van der Waals surface area contributed by atoms with E-state index >= 15 is 0 Å². The lowest BCUT2D eigenvalue weighted by molar-refractivity contribution is 0.240. The van der Waals surface area contributed by atoms with Gasteiger partial charge in [-0.15, -0.1) is 0 Å². The fourth-order valence-corrected chi connectivity index (χ4v) is 3.57. The molecule has 0 N–H and O–H groups in total. The van der Waals surface area contributed by atoms with Crippen LogP contribution in [0.1, 0.15) is 18.4 Å². The Kier molecular flexibility index (Phi) is 4.36. The van der Waals surface area contributed by atoms with Crippen molar-refractivity contribution in [1.82, 2.24) is 24.6 Å². The number of benzene rings is 1. The molecule has 3 heterocycles. The van der Waals surface area contributed by atoms with Crippen LogP contribution in [0.3, 0.4) is 0 Å². The smallest absolute Gasteiger partial charge is 0.140 e. The van der Waals surface area contributed by atoms with Crippen molar-refractivity contribution >= 4 is 16.6 Å². The molecule has 0 spiro atoms. The molecule has 130 valence electrons. The molecule has 0 radical (unpaired) electrons. The van der Waals surface area contributed by atoms with Crippen LogP contribution in [0.15, 0.2) is 36.7 Å². The molecule has 3 aromatic rings. The van der Waals surface area contributed by atoms with Crippen molar-refractivity contribution in [3.05, 3.63) is 48.2 Å². The number of hydrogen-bond acceptors (Lipinski definition) is 5. The van der Waals surface area contributed by atoms with Crippen LogP contribution in [0.4, 0.5) is 5.69 Å². The van der Waals surface area contributed by atoms with Gasteiger partial charge in [-0.3, -0.25) is 9.88 Å². The number of pyridine rings is 1. The molecular weight excluding hydrogens is 312 g/mol.